The molecule has 8 nitrogen and oxygen atoms in total. The summed E-state index contributed by atoms with van der Waals surface area (Å²) in [5.74, 6) is -1.21. The van der Waals surface area contributed by atoms with Crippen LogP contribution in [0.15, 0.2) is 18.2 Å². The van der Waals surface area contributed by atoms with Gasteiger partial charge in [0.15, 0.2) is 6.10 Å². The topological polar surface area (TPSA) is 116 Å². The lowest BCUT2D eigenvalue weighted by Gasteiger charge is -2.32. The lowest BCUT2D eigenvalue weighted by atomic mass is 10.1. The van der Waals surface area contributed by atoms with E-state index in [2.05, 4.69) is 0 Å². The summed E-state index contributed by atoms with van der Waals surface area (Å²) in [6, 6.07) is 3.39. The van der Waals surface area contributed by atoms with E-state index in [1.54, 1.807) is 4.90 Å². The zero-order valence-electron chi connectivity index (χ0n) is 14.5. The molecule has 1 amide bonds. The minimum absolute atomic E-state index is 0.0508. The first-order chi connectivity index (χ1) is 11.1. The maximum Gasteiger partial charge on any atom is 0.341 e. The number of rotatable bonds is 6. The summed E-state index contributed by atoms with van der Waals surface area (Å²) in [4.78, 5) is 36.5. The molecule has 0 radical (unpaired) electrons. The summed E-state index contributed by atoms with van der Waals surface area (Å²) in [6.45, 7) is 8.93. The van der Waals surface area contributed by atoms with Gasteiger partial charge in [-0.25, -0.2) is 4.79 Å². The molecule has 24 heavy (non-hydrogen) atoms. The Hall–Kier alpha value is -2.64. The van der Waals surface area contributed by atoms with Crippen LogP contribution in [-0.2, 0) is 9.53 Å². The van der Waals surface area contributed by atoms with E-state index in [4.69, 9.17) is 10.5 Å². The summed E-state index contributed by atoms with van der Waals surface area (Å²) in [5.41, 5.74) is 5.32. The number of hydrogen-bond donors (Lipinski definition) is 1. The predicted octanol–water partition coefficient (Wildman–Crippen LogP) is 2.37. The highest BCUT2D eigenvalue weighted by atomic mass is 16.6. The normalized spacial score (nSPS) is 12.1. The number of nitrogen functional groups attached to an aromatic ring is 1. The van der Waals surface area contributed by atoms with Gasteiger partial charge >= 0.3 is 5.97 Å². The van der Waals surface area contributed by atoms with Crippen LogP contribution >= 0.6 is 0 Å². The number of carbonyl (C=O) groups excluding carboxylic acids is 2. The van der Waals surface area contributed by atoms with Crippen LogP contribution in [0, 0.1) is 10.1 Å². The van der Waals surface area contributed by atoms with Crippen molar-refractivity contribution >= 4 is 23.3 Å². The molecule has 0 aliphatic rings. The molecule has 0 spiro atoms. The quantitative estimate of drug-likeness (QED) is 0.369. The summed E-state index contributed by atoms with van der Waals surface area (Å²) in [6.07, 6.45) is -1.03. The van der Waals surface area contributed by atoms with Crippen LogP contribution in [0.4, 0.5) is 11.4 Å². The third kappa shape index (κ3) is 4.43. The molecule has 0 aliphatic carbocycles. The second kappa shape index (κ2) is 7.76. The van der Waals surface area contributed by atoms with E-state index in [-0.39, 0.29) is 34.9 Å². The Kier molecular flexibility index (Phi) is 6.27. The van der Waals surface area contributed by atoms with Crippen molar-refractivity contribution in [2.75, 3.05) is 5.73 Å². The second-order valence-corrected chi connectivity index (χ2v) is 6.01. The van der Waals surface area contributed by atoms with Gasteiger partial charge < -0.3 is 15.4 Å². The van der Waals surface area contributed by atoms with Gasteiger partial charge in [-0.05, 0) is 40.7 Å². The van der Waals surface area contributed by atoms with Crippen LogP contribution in [0.25, 0.3) is 0 Å². The monoisotopic (exact) mass is 337 g/mol. The third-order valence-corrected chi connectivity index (χ3v) is 3.47. The number of ether oxygens (including phenoxy) is 1. The average molecular weight is 337 g/mol. The molecular weight excluding hydrogens is 314 g/mol. The lowest BCUT2D eigenvalue weighted by molar-refractivity contribution is -0.384. The minimum atomic E-state index is -1.03. The van der Waals surface area contributed by atoms with E-state index >= 15 is 0 Å². The first-order valence-electron chi connectivity index (χ1n) is 7.63. The lowest BCUT2D eigenvalue weighted by Crippen LogP contribution is -2.47. The van der Waals surface area contributed by atoms with E-state index in [0.717, 1.165) is 6.07 Å². The standard InChI is InChI=1S/C16H23N3O5/c1-9(2)18(10(3)4)15(20)11(5)24-16(21)13-8-12(19(22)23)6-7-14(13)17/h6-11H,17H2,1-5H3/t11-/m1/s1. The number of esters is 1. The average Bonchev–Trinajstić information content (AvgIpc) is 2.46. The van der Waals surface area contributed by atoms with Gasteiger partial charge in [-0.2, -0.15) is 0 Å². The van der Waals surface area contributed by atoms with E-state index < -0.39 is 17.0 Å². The van der Waals surface area contributed by atoms with Crippen molar-refractivity contribution in [1.82, 2.24) is 4.90 Å². The highest BCUT2D eigenvalue weighted by Crippen LogP contribution is 2.21. The van der Waals surface area contributed by atoms with E-state index in [1.807, 2.05) is 27.7 Å². The van der Waals surface area contributed by atoms with Crippen LogP contribution in [0.2, 0.25) is 0 Å². The molecule has 0 saturated carbocycles. The van der Waals surface area contributed by atoms with E-state index in [9.17, 15) is 19.7 Å². The minimum Gasteiger partial charge on any atom is -0.449 e. The molecule has 1 aromatic carbocycles. The highest BCUT2D eigenvalue weighted by Gasteiger charge is 2.28. The van der Waals surface area contributed by atoms with Crippen molar-refractivity contribution in [2.45, 2.75) is 52.8 Å². The largest absolute Gasteiger partial charge is 0.449 e. The summed E-state index contributed by atoms with van der Waals surface area (Å²) < 4.78 is 5.16. The van der Waals surface area contributed by atoms with Gasteiger partial charge in [-0.1, -0.05) is 0 Å². The number of nitrogens with two attached hydrogens (primary N) is 1. The van der Waals surface area contributed by atoms with Crippen molar-refractivity contribution in [1.29, 1.82) is 0 Å². The Morgan fingerprint density at radius 1 is 1.17 bits per heavy atom. The van der Waals surface area contributed by atoms with Crippen LogP contribution < -0.4 is 5.73 Å². The molecule has 0 fully saturated rings. The highest BCUT2D eigenvalue weighted by molar-refractivity contribution is 5.97. The Morgan fingerprint density at radius 2 is 1.71 bits per heavy atom. The maximum absolute atomic E-state index is 12.5. The first-order valence-corrected chi connectivity index (χ1v) is 7.63. The van der Waals surface area contributed by atoms with Crippen LogP contribution in [-0.4, -0.2) is 39.9 Å². The molecule has 0 aromatic heterocycles. The number of non-ortho nitro benzene ring substituents is 1. The van der Waals surface area contributed by atoms with Crippen molar-refractivity contribution in [3.05, 3.63) is 33.9 Å². The Morgan fingerprint density at radius 3 is 2.17 bits per heavy atom. The van der Waals surface area contributed by atoms with Crippen LogP contribution in [0.5, 0.6) is 0 Å². The number of nitro benzene ring substituents is 1. The van der Waals surface area contributed by atoms with Gasteiger partial charge in [-0.3, -0.25) is 14.9 Å². The number of nitrogens with zero attached hydrogens (tertiary/aromatic N) is 2. The molecule has 2 N–H and O–H groups in total. The SMILES string of the molecule is CC(C)N(C(=O)[C@@H](C)OC(=O)c1cc([N+](=O)[O-])ccc1N)C(C)C. The van der Waals surface area contributed by atoms with E-state index in [1.165, 1.54) is 19.1 Å². The van der Waals surface area contributed by atoms with Gasteiger partial charge in [0.05, 0.1) is 10.5 Å². The van der Waals surface area contributed by atoms with Gasteiger partial charge in [-0.15, -0.1) is 0 Å². The molecule has 0 aliphatic heterocycles. The van der Waals surface area contributed by atoms with Gasteiger partial charge in [0.2, 0.25) is 0 Å². The van der Waals surface area contributed by atoms with Crippen molar-refractivity contribution in [2.24, 2.45) is 0 Å². The summed E-state index contributed by atoms with van der Waals surface area (Å²) >= 11 is 0. The molecule has 0 unspecified atom stereocenters. The van der Waals surface area contributed by atoms with Crippen molar-refractivity contribution in [3.8, 4) is 0 Å². The van der Waals surface area contributed by atoms with Crippen LogP contribution in [0.1, 0.15) is 45.0 Å². The fraction of sp³-hybridized carbons (Fsp3) is 0.500. The third-order valence-electron chi connectivity index (χ3n) is 3.47. The number of benzene rings is 1. The molecule has 1 rings (SSSR count). The molecular formula is C16H23N3O5. The van der Waals surface area contributed by atoms with Crippen LogP contribution in [0.3, 0.4) is 0 Å². The Bertz CT molecular complexity index is 635. The number of anilines is 1. The molecule has 1 aromatic rings. The van der Waals surface area contributed by atoms with E-state index in [0.29, 0.717) is 0 Å². The maximum atomic E-state index is 12.5. The van der Waals surface area contributed by atoms with Crippen molar-refractivity contribution in [3.63, 3.8) is 0 Å². The molecule has 132 valence electrons. The number of nitro groups is 1. The Balaban J connectivity index is 2.96. The Labute approximate surface area is 140 Å². The molecule has 0 bridgehead atoms. The van der Waals surface area contributed by atoms with Crippen molar-refractivity contribution < 1.29 is 19.2 Å². The zero-order valence-corrected chi connectivity index (χ0v) is 14.5. The van der Waals surface area contributed by atoms with Gasteiger partial charge in [0.1, 0.15) is 0 Å². The number of amides is 1. The molecule has 0 saturated heterocycles. The van der Waals surface area contributed by atoms with Gasteiger partial charge in [0, 0.05) is 29.9 Å². The summed E-state index contributed by atoms with van der Waals surface area (Å²) in [7, 11) is 0. The number of carbonyl (C=O) groups is 2. The molecule has 8 heteroatoms. The second-order valence-electron chi connectivity index (χ2n) is 6.01. The number of hydrogen-bond acceptors (Lipinski definition) is 6. The fourth-order valence-electron chi connectivity index (χ4n) is 2.42. The zero-order chi connectivity index (χ0) is 18.6. The predicted molar refractivity (Wildman–Crippen MR) is 89.5 cm³/mol. The summed E-state index contributed by atoms with van der Waals surface area (Å²) in [5, 5.41) is 10.8. The molecule has 1 atom stereocenters. The first kappa shape index (κ1) is 19.4. The fourth-order valence-corrected chi connectivity index (χ4v) is 2.42. The smallest absolute Gasteiger partial charge is 0.341 e. The van der Waals surface area contributed by atoms with Gasteiger partial charge in [0.25, 0.3) is 11.6 Å². The molecule has 0 heterocycles.